The van der Waals surface area contributed by atoms with Gasteiger partial charge >= 0.3 is 0 Å². The van der Waals surface area contributed by atoms with E-state index in [-0.39, 0.29) is 5.54 Å². The molecule has 1 atom stereocenters. The molecule has 1 aromatic heterocycles. The van der Waals surface area contributed by atoms with Gasteiger partial charge < -0.3 is 10.6 Å². The van der Waals surface area contributed by atoms with Crippen LogP contribution in [0.15, 0.2) is 29.4 Å². The van der Waals surface area contributed by atoms with Crippen molar-refractivity contribution in [1.29, 1.82) is 0 Å². The molecule has 0 aliphatic carbocycles. The SMILES string of the molecule is CN=C(NCc1ccccn1)NCC(C)(C)N1CCCC(C)C1. The van der Waals surface area contributed by atoms with E-state index in [1.807, 2.05) is 31.4 Å². The van der Waals surface area contributed by atoms with E-state index in [4.69, 9.17) is 0 Å². The molecule has 1 saturated heterocycles. The van der Waals surface area contributed by atoms with E-state index < -0.39 is 0 Å². The lowest BCUT2D eigenvalue weighted by Gasteiger charge is -2.43. The molecule has 2 heterocycles. The van der Waals surface area contributed by atoms with Gasteiger partial charge in [-0.15, -0.1) is 0 Å². The minimum atomic E-state index is 0.122. The van der Waals surface area contributed by atoms with Crippen LogP contribution < -0.4 is 10.6 Å². The number of rotatable bonds is 5. The van der Waals surface area contributed by atoms with E-state index in [0.717, 1.165) is 24.1 Å². The van der Waals surface area contributed by atoms with Crippen LogP contribution in [-0.4, -0.2) is 48.1 Å². The third-order valence-electron chi connectivity index (χ3n) is 4.59. The zero-order valence-electron chi connectivity index (χ0n) is 15.0. The fourth-order valence-corrected chi connectivity index (χ4v) is 3.05. The van der Waals surface area contributed by atoms with Crippen molar-refractivity contribution in [2.45, 2.75) is 45.7 Å². The summed E-state index contributed by atoms with van der Waals surface area (Å²) in [7, 11) is 1.81. The largest absolute Gasteiger partial charge is 0.355 e. The molecule has 2 N–H and O–H groups in total. The topological polar surface area (TPSA) is 52.6 Å². The molecule has 0 radical (unpaired) electrons. The summed E-state index contributed by atoms with van der Waals surface area (Å²) in [5.41, 5.74) is 1.14. The lowest BCUT2D eigenvalue weighted by molar-refractivity contribution is 0.0739. The molecule has 0 bridgehead atoms. The van der Waals surface area contributed by atoms with E-state index in [1.54, 1.807) is 0 Å². The first-order valence-electron chi connectivity index (χ1n) is 8.61. The number of likely N-dealkylation sites (tertiary alicyclic amines) is 1. The van der Waals surface area contributed by atoms with Gasteiger partial charge in [0, 0.05) is 31.9 Å². The van der Waals surface area contributed by atoms with Gasteiger partial charge in [-0.05, 0) is 51.3 Å². The Morgan fingerprint density at radius 3 is 2.87 bits per heavy atom. The number of pyridine rings is 1. The third-order valence-corrected chi connectivity index (χ3v) is 4.59. The molecule has 0 spiro atoms. The molecular formula is C18H31N5. The maximum Gasteiger partial charge on any atom is 0.191 e. The highest BCUT2D eigenvalue weighted by Crippen LogP contribution is 2.23. The second-order valence-electron chi connectivity index (χ2n) is 7.11. The van der Waals surface area contributed by atoms with Crippen molar-refractivity contribution < 1.29 is 0 Å². The van der Waals surface area contributed by atoms with Gasteiger partial charge in [-0.2, -0.15) is 0 Å². The molecule has 1 aliphatic heterocycles. The van der Waals surface area contributed by atoms with Gasteiger partial charge in [-0.1, -0.05) is 13.0 Å². The van der Waals surface area contributed by atoms with Gasteiger partial charge in [-0.3, -0.25) is 14.9 Å². The molecule has 2 rings (SSSR count). The van der Waals surface area contributed by atoms with Crippen molar-refractivity contribution in [1.82, 2.24) is 20.5 Å². The lowest BCUT2D eigenvalue weighted by Crippen LogP contribution is -2.55. The van der Waals surface area contributed by atoms with E-state index in [0.29, 0.717) is 6.54 Å². The third kappa shape index (κ3) is 5.50. The zero-order chi connectivity index (χ0) is 16.7. The van der Waals surface area contributed by atoms with Gasteiger partial charge in [0.25, 0.3) is 0 Å². The summed E-state index contributed by atoms with van der Waals surface area (Å²) in [6.45, 7) is 10.9. The Morgan fingerprint density at radius 1 is 1.39 bits per heavy atom. The predicted molar refractivity (Wildman–Crippen MR) is 96.5 cm³/mol. The minimum absolute atomic E-state index is 0.122. The number of aromatic nitrogens is 1. The Morgan fingerprint density at radius 2 is 2.22 bits per heavy atom. The van der Waals surface area contributed by atoms with Gasteiger partial charge in [0.1, 0.15) is 0 Å². The Hall–Kier alpha value is -1.62. The first-order valence-corrected chi connectivity index (χ1v) is 8.61. The van der Waals surface area contributed by atoms with Crippen LogP contribution in [0, 0.1) is 5.92 Å². The van der Waals surface area contributed by atoms with Crippen LogP contribution >= 0.6 is 0 Å². The maximum absolute atomic E-state index is 4.32. The molecule has 0 saturated carbocycles. The second-order valence-corrected chi connectivity index (χ2v) is 7.11. The first-order chi connectivity index (χ1) is 11.0. The summed E-state index contributed by atoms with van der Waals surface area (Å²) in [4.78, 5) is 11.2. The number of hydrogen-bond acceptors (Lipinski definition) is 3. The molecule has 5 nitrogen and oxygen atoms in total. The molecule has 1 unspecified atom stereocenters. The van der Waals surface area contributed by atoms with E-state index in [9.17, 15) is 0 Å². The molecule has 0 aromatic carbocycles. The van der Waals surface area contributed by atoms with Crippen LogP contribution in [0.3, 0.4) is 0 Å². The number of hydrogen-bond donors (Lipinski definition) is 2. The number of nitrogens with zero attached hydrogens (tertiary/aromatic N) is 3. The summed E-state index contributed by atoms with van der Waals surface area (Å²) in [5.74, 6) is 1.62. The summed E-state index contributed by atoms with van der Waals surface area (Å²) in [6.07, 6.45) is 4.47. The highest BCUT2D eigenvalue weighted by molar-refractivity contribution is 5.79. The fourth-order valence-electron chi connectivity index (χ4n) is 3.05. The quantitative estimate of drug-likeness (QED) is 0.646. The van der Waals surface area contributed by atoms with Crippen LogP contribution in [0.4, 0.5) is 0 Å². The normalized spacial score (nSPS) is 20.3. The van der Waals surface area contributed by atoms with Crippen molar-refractivity contribution >= 4 is 5.96 Å². The summed E-state index contributed by atoms with van der Waals surface area (Å²) < 4.78 is 0. The van der Waals surface area contributed by atoms with E-state index in [1.165, 1.54) is 25.9 Å². The molecule has 1 fully saturated rings. The van der Waals surface area contributed by atoms with Crippen molar-refractivity contribution in [3.8, 4) is 0 Å². The first kappa shape index (κ1) is 17.7. The zero-order valence-corrected chi connectivity index (χ0v) is 15.0. The molecule has 23 heavy (non-hydrogen) atoms. The Kier molecular flexibility index (Phi) is 6.39. The number of piperidine rings is 1. The Bertz CT molecular complexity index is 497. The second kappa shape index (κ2) is 8.29. The lowest BCUT2D eigenvalue weighted by atomic mass is 9.93. The number of nitrogens with one attached hydrogen (secondary N) is 2. The van der Waals surface area contributed by atoms with Crippen LogP contribution in [0.25, 0.3) is 0 Å². The average Bonchev–Trinajstić information content (AvgIpc) is 2.56. The average molecular weight is 317 g/mol. The van der Waals surface area contributed by atoms with Crippen molar-refractivity contribution in [2.24, 2.45) is 10.9 Å². The van der Waals surface area contributed by atoms with Crippen molar-refractivity contribution in [3.63, 3.8) is 0 Å². The van der Waals surface area contributed by atoms with Gasteiger partial charge in [0.05, 0.1) is 12.2 Å². The molecule has 5 heteroatoms. The van der Waals surface area contributed by atoms with Crippen molar-refractivity contribution in [3.05, 3.63) is 30.1 Å². The molecular weight excluding hydrogens is 286 g/mol. The highest BCUT2D eigenvalue weighted by Gasteiger charge is 2.30. The minimum Gasteiger partial charge on any atom is -0.355 e. The Labute approximate surface area is 140 Å². The van der Waals surface area contributed by atoms with Gasteiger partial charge in [-0.25, -0.2) is 0 Å². The Balaban J connectivity index is 1.82. The number of guanidine groups is 1. The van der Waals surface area contributed by atoms with Crippen LogP contribution in [-0.2, 0) is 6.54 Å². The molecule has 0 amide bonds. The number of aliphatic imine (C=N–C) groups is 1. The van der Waals surface area contributed by atoms with Crippen molar-refractivity contribution in [2.75, 3.05) is 26.7 Å². The summed E-state index contributed by atoms with van der Waals surface area (Å²) >= 11 is 0. The van der Waals surface area contributed by atoms with Crippen LogP contribution in [0.1, 0.15) is 39.3 Å². The van der Waals surface area contributed by atoms with Crippen LogP contribution in [0.5, 0.6) is 0 Å². The fraction of sp³-hybridized carbons (Fsp3) is 0.667. The molecule has 128 valence electrons. The van der Waals surface area contributed by atoms with Crippen LogP contribution in [0.2, 0.25) is 0 Å². The monoisotopic (exact) mass is 317 g/mol. The smallest absolute Gasteiger partial charge is 0.191 e. The predicted octanol–water partition coefficient (Wildman–Crippen LogP) is 2.26. The molecule has 1 aromatic rings. The van der Waals surface area contributed by atoms with Gasteiger partial charge in [0.15, 0.2) is 5.96 Å². The van der Waals surface area contributed by atoms with E-state index in [2.05, 4.69) is 46.3 Å². The highest BCUT2D eigenvalue weighted by atomic mass is 15.2. The maximum atomic E-state index is 4.32. The molecule has 1 aliphatic rings. The summed E-state index contributed by atoms with van der Waals surface area (Å²) in [5, 5.41) is 6.79. The standard InChI is InChI=1S/C18H31N5/c1-15-8-7-11-23(13-15)18(2,3)14-22-17(19-4)21-12-16-9-5-6-10-20-16/h5-6,9-10,15H,7-8,11-14H2,1-4H3,(H2,19,21,22). The van der Waals surface area contributed by atoms with Gasteiger partial charge in [0.2, 0.25) is 0 Å². The van der Waals surface area contributed by atoms with E-state index >= 15 is 0 Å². The summed E-state index contributed by atoms with van der Waals surface area (Å²) in [6, 6.07) is 5.94.